The lowest BCUT2D eigenvalue weighted by Gasteiger charge is -2.30. The van der Waals surface area contributed by atoms with Crippen LogP contribution < -0.4 is 5.32 Å². The number of carbonyl (C=O) groups excluding carboxylic acids is 2. The molecule has 1 aliphatic heterocycles. The molecular weight excluding hydrogens is 380 g/mol. The maximum absolute atomic E-state index is 12.7. The number of nitrogens with zero attached hydrogens (tertiary/aromatic N) is 1. The lowest BCUT2D eigenvalue weighted by Crippen LogP contribution is -2.44. The van der Waals surface area contributed by atoms with Gasteiger partial charge in [-0.3, -0.25) is 9.59 Å². The Balaban J connectivity index is 1.97. The van der Waals surface area contributed by atoms with E-state index in [-0.39, 0.29) is 6.61 Å². The molecule has 7 heteroatoms. The van der Waals surface area contributed by atoms with Crippen LogP contribution in [-0.2, 0) is 20.1 Å². The minimum Gasteiger partial charge on any atom is -0.465 e. The maximum atomic E-state index is 12.7. The molecule has 5 nitrogen and oxygen atoms in total. The lowest BCUT2D eigenvalue weighted by atomic mass is 9.82. The summed E-state index contributed by atoms with van der Waals surface area (Å²) in [5.41, 5.74) is 1.48. The van der Waals surface area contributed by atoms with Crippen LogP contribution in [0.25, 0.3) is 0 Å². The minimum atomic E-state index is -1.06. The Morgan fingerprint density at radius 1 is 1.30 bits per heavy atom. The highest BCUT2D eigenvalue weighted by molar-refractivity contribution is 8.02. The summed E-state index contributed by atoms with van der Waals surface area (Å²) in [6.45, 7) is 1.88. The van der Waals surface area contributed by atoms with E-state index >= 15 is 0 Å². The maximum Gasteiger partial charge on any atom is 0.319 e. The second kappa shape index (κ2) is 8.89. The standard InChI is InChI=1S/C20H18N2O3S2/c1-2-25-20(24)17-16(15-9-6-10-26-15)14(11-21)19(22-18(17)23)27-12-13-7-4-3-5-8-13/h3-10,16-17H,2,12H2,1H3,(H,22,23)/t16-,17-/m0/s1. The molecular formula is C20H18N2O3S2. The molecule has 1 aliphatic rings. The summed E-state index contributed by atoms with van der Waals surface area (Å²) in [6, 6.07) is 15.7. The fourth-order valence-electron chi connectivity index (χ4n) is 2.93. The third-order valence-corrected chi connectivity index (χ3v) is 6.19. The first-order chi connectivity index (χ1) is 13.2. The van der Waals surface area contributed by atoms with Gasteiger partial charge < -0.3 is 10.1 Å². The summed E-state index contributed by atoms with van der Waals surface area (Å²) in [5.74, 6) is -2.10. The number of benzene rings is 1. The van der Waals surface area contributed by atoms with E-state index in [1.807, 2.05) is 47.8 Å². The van der Waals surface area contributed by atoms with Crippen molar-refractivity contribution in [1.82, 2.24) is 5.32 Å². The Hall–Kier alpha value is -2.56. The molecule has 0 bridgehead atoms. The molecule has 2 heterocycles. The van der Waals surface area contributed by atoms with Crippen LogP contribution in [0, 0.1) is 17.2 Å². The predicted octanol–water partition coefficient (Wildman–Crippen LogP) is 3.81. The van der Waals surface area contributed by atoms with E-state index in [4.69, 9.17) is 4.74 Å². The van der Waals surface area contributed by atoms with Crippen LogP contribution in [-0.4, -0.2) is 18.5 Å². The van der Waals surface area contributed by atoms with Crippen molar-refractivity contribution >= 4 is 35.0 Å². The molecule has 0 spiro atoms. The normalized spacial score (nSPS) is 19.3. The molecule has 138 valence electrons. The van der Waals surface area contributed by atoms with Gasteiger partial charge in [0.1, 0.15) is 5.92 Å². The molecule has 2 aromatic rings. The van der Waals surface area contributed by atoms with Gasteiger partial charge in [0.25, 0.3) is 0 Å². The van der Waals surface area contributed by atoms with E-state index in [0.717, 1.165) is 10.4 Å². The number of esters is 1. The summed E-state index contributed by atoms with van der Waals surface area (Å²) in [7, 11) is 0. The molecule has 0 aliphatic carbocycles. The third kappa shape index (κ3) is 4.24. The van der Waals surface area contributed by atoms with Crippen molar-refractivity contribution in [3.8, 4) is 6.07 Å². The topological polar surface area (TPSA) is 79.2 Å². The van der Waals surface area contributed by atoms with E-state index < -0.39 is 23.7 Å². The van der Waals surface area contributed by atoms with Crippen molar-refractivity contribution in [2.24, 2.45) is 5.92 Å². The number of allylic oxidation sites excluding steroid dienone is 1. The smallest absolute Gasteiger partial charge is 0.319 e. The zero-order valence-corrected chi connectivity index (χ0v) is 16.3. The number of hydrogen-bond donors (Lipinski definition) is 1. The highest BCUT2D eigenvalue weighted by Crippen LogP contribution is 2.42. The highest BCUT2D eigenvalue weighted by Gasteiger charge is 2.44. The summed E-state index contributed by atoms with van der Waals surface area (Å²) >= 11 is 2.82. The second-order valence-corrected chi connectivity index (χ2v) is 7.81. The number of amides is 1. The first-order valence-electron chi connectivity index (χ1n) is 8.47. The predicted molar refractivity (Wildman–Crippen MR) is 106 cm³/mol. The van der Waals surface area contributed by atoms with Gasteiger partial charge in [0, 0.05) is 10.6 Å². The summed E-state index contributed by atoms with van der Waals surface area (Å²) in [6.07, 6.45) is 0. The Labute approximate surface area is 166 Å². The Morgan fingerprint density at radius 2 is 2.07 bits per heavy atom. The zero-order chi connectivity index (χ0) is 19.2. The number of thiophene rings is 1. The summed E-state index contributed by atoms with van der Waals surface area (Å²) in [4.78, 5) is 26.0. The van der Waals surface area contributed by atoms with Crippen LogP contribution in [0.1, 0.15) is 23.3 Å². The van der Waals surface area contributed by atoms with Crippen molar-refractivity contribution in [1.29, 1.82) is 5.26 Å². The van der Waals surface area contributed by atoms with E-state index in [1.165, 1.54) is 23.1 Å². The fraction of sp³-hybridized carbons (Fsp3) is 0.250. The van der Waals surface area contributed by atoms with Crippen LogP contribution in [0.5, 0.6) is 0 Å². The van der Waals surface area contributed by atoms with Gasteiger partial charge in [-0.15, -0.1) is 23.1 Å². The zero-order valence-electron chi connectivity index (χ0n) is 14.7. The molecule has 0 saturated carbocycles. The second-order valence-electron chi connectivity index (χ2n) is 5.84. The monoisotopic (exact) mass is 398 g/mol. The quantitative estimate of drug-likeness (QED) is 0.591. The van der Waals surface area contributed by atoms with E-state index in [0.29, 0.717) is 16.4 Å². The molecule has 0 unspecified atom stereocenters. The number of nitriles is 1. The molecule has 0 fully saturated rings. The molecule has 27 heavy (non-hydrogen) atoms. The first kappa shape index (κ1) is 19.2. The lowest BCUT2D eigenvalue weighted by molar-refractivity contribution is -0.152. The van der Waals surface area contributed by atoms with E-state index in [1.54, 1.807) is 6.92 Å². The average Bonchev–Trinajstić information content (AvgIpc) is 3.21. The Morgan fingerprint density at radius 3 is 2.70 bits per heavy atom. The largest absolute Gasteiger partial charge is 0.465 e. The van der Waals surface area contributed by atoms with Gasteiger partial charge in [0.2, 0.25) is 5.91 Å². The molecule has 0 radical (unpaired) electrons. The van der Waals surface area contributed by atoms with Crippen molar-refractivity contribution in [3.05, 3.63) is 68.9 Å². The van der Waals surface area contributed by atoms with Gasteiger partial charge in [-0.1, -0.05) is 36.4 Å². The number of rotatable bonds is 6. The van der Waals surface area contributed by atoms with E-state index in [2.05, 4.69) is 11.4 Å². The van der Waals surface area contributed by atoms with Crippen molar-refractivity contribution < 1.29 is 14.3 Å². The van der Waals surface area contributed by atoms with Crippen molar-refractivity contribution in [2.45, 2.75) is 18.6 Å². The van der Waals surface area contributed by atoms with Gasteiger partial charge in [-0.05, 0) is 23.9 Å². The van der Waals surface area contributed by atoms with Crippen LogP contribution >= 0.6 is 23.1 Å². The van der Waals surface area contributed by atoms with Gasteiger partial charge >= 0.3 is 5.97 Å². The minimum absolute atomic E-state index is 0.182. The average molecular weight is 399 g/mol. The number of nitrogens with one attached hydrogen (secondary N) is 1. The SMILES string of the molecule is CCOC(=O)[C@@H]1C(=O)NC(SCc2ccccc2)=C(C#N)[C@H]1c1cccs1. The van der Waals surface area contributed by atoms with Gasteiger partial charge in [0.05, 0.1) is 29.2 Å². The summed E-state index contributed by atoms with van der Waals surface area (Å²) < 4.78 is 5.10. The molecule has 0 saturated heterocycles. The van der Waals surface area contributed by atoms with Crippen molar-refractivity contribution in [2.75, 3.05) is 6.61 Å². The molecule has 1 amide bonds. The first-order valence-corrected chi connectivity index (χ1v) is 10.3. The Kier molecular flexibility index (Phi) is 6.32. The van der Waals surface area contributed by atoms with Crippen LogP contribution in [0.2, 0.25) is 0 Å². The number of hydrogen-bond acceptors (Lipinski definition) is 6. The van der Waals surface area contributed by atoms with Crippen molar-refractivity contribution in [3.63, 3.8) is 0 Å². The molecule has 3 rings (SSSR count). The highest BCUT2D eigenvalue weighted by atomic mass is 32.2. The molecule has 2 atom stereocenters. The molecule has 1 aromatic heterocycles. The third-order valence-electron chi connectivity index (χ3n) is 4.14. The number of thioether (sulfide) groups is 1. The number of carbonyl (C=O) groups is 2. The fourth-order valence-corrected chi connectivity index (χ4v) is 4.81. The van der Waals surface area contributed by atoms with Gasteiger partial charge in [-0.2, -0.15) is 5.26 Å². The van der Waals surface area contributed by atoms with Crippen LogP contribution in [0.4, 0.5) is 0 Å². The van der Waals surface area contributed by atoms with Gasteiger partial charge in [0.15, 0.2) is 0 Å². The Bertz CT molecular complexity index is 886. The van der Waals surface area contributed by atoms with Crippen LogP contribution in [0.3, 0.4) is 0 Å². The van der Waals surface area contributed by atoms with Gasteiger partial charge in [-0.25, -0.2) is 0 Å². The number of ether oxygens (including phenoxy) is 1. The summed E-state index contributed by atoms with van der Waals surface area (Å²) in [5, 5.41) is 15.0. The molecule has 1 aromatic carbocycles. The van der Waals surface area contributed by atoms with E-state index in [9.17, 15) is 14.9 Å². The molecule has 1 N–H and O–H groups in total. The van der Waals surface area contributed by atoms with Crippen LogP contribution in [0.15, 0.2) is 58.4 Å².